The van der Waals surface area contributed by atoms with E-state index in [0.717, 1.165) is 32.1 Å². The molecule has 1 saturated heterocycles. The van der Waals surface area contributed by atoms with Gasteiger partial charge in [0.2, 0.25) is 0 Å². The molecule has 2 unspecified atom stereocenters. The van der Waals surface area contributed by atoms with Crippen LogP contribution in [0.15, 0.2) is 60.0 Å². The highest BCUT2D eigenvalue weighted by Gasteiger charge is 2.66. The highest BCUT2D eigenvalue weighted by atomic mass is 16.5. The Kier molecular flexibility index (Phi) is 3.99. The summed E-state index contributed by atoms with van der Waals surface area (Å²) in [6, 6.07) is 9.17. The van der Waals surface area contributed by atoms with Gasteiger partial charge in [-0.05, 0) is 96.4 Å². The number of fused-ring (bicyclic) bond motifs is 2. The average molecular weight is 428 g/mol. The maximum atomic E-state index is 7.32. The first-order chi connectivity index (χ1) is 15.6. The third-order valence-corrected chi connectivity index (χ3v) is 10.0. The normalized spacial score (nSPS) is 42.1. The molecule has 2 saturated carbocycles. The van der Waals surface area contributed by atoms with Gasteiger partial charge in [0, 0.05) is 31.3 Å². The van der Waals surface area contributed by atoms with Crippen LogP contribution >= 0.6 is 0 Å². The lowest BCUT2D eigenvalue weighted by Gasteiger charge is -2.54. The molecular weight excluding hydrogens is 394 g/mol. The van der Waals surface area contributed by atoms with Crippen LogP contribution in [-0.2, 0) is 9.47 Å². The molecule has 1 aromatic carbocycles. The van der Waals surface area contributed by atoms with Gasteiger partial charge in [0.15, 0.2) is 0 Å². The minimum absolute atomic E-state index is 0.0682. The summed E-state index contributed by atoms with van der Waals surface area (Å²) in [5.41, 5.74) is 4.62. The number of benzene rings is 1. The Morgan fingerprint density at radius 2 is 2.03 bits per heavy atom. The van der Waals surface area contributed by atoms with Crippen molar-refractivity contribution in [2.24, 2.45) is 11.3 Å². The Bertz CT molecular complexity index is 1170. The fourth-order valence-corrected chi connectivity index (χ4v) is 8.43. The van der Waals surface area contributed by atoms with Gasteiger partial charge in [-0.3, -0.25) is 4.98 Å². The predicted octanol–water partition coefficient (Wildman–Crippen LogP) is 6.49. The fourth-order valence-electron chi connectivity index (χ4n) is 8.43. The number of allylic oxidation sites excluding steroid dienone is 1. The van der Waals surface area contributed by atoms with E-state index in [-0.39, 0.29) is 16.6 Å². The van der Waals surface area contributed by atoms with Gasteiger partial charge in [0.25, 0.3) is 0 Å². The van der Waals surface area contributed by atoms with Crippen molar-refractivity contribution in [2.45, 2.75) is 81.5 Å². The van der Waals surface area contributed by atoms with Crippen LogP contribution in [0, 0.1) is 11.3 Å². The zero-order valence-corrected chi connectivity index (χ0v) is 19.3. The predicted molar refractivity (Wildman–Crippen MR) is 127 cm³/mol. The maximum absolute atomic E-state index is 7.32. The average Bonchev–Trinajstić information content (AvgIpc) is 3.33. The topological polar surface area (TPSA) is 31.4 Å². The number of nitrogens with zero attached hydrogens (tertiary/aromatic N) is 1. The number of ether oxygens (including phenoxy) is 2. The Morgan fingerprint density at radius 3 is 2.94 bits per heavy atom. The van der Waals surface area contributed by atoms with E-state index in [2.05, 4.69) is 48.3 Å². The summed E-state index contributed by atoms with van der Waals surface area (Å²) in [4.78, 5) is 4.37. The van der Waals surface area contributed by atoms with Crippen molar-refractivity contribution < 1.29 is 9.47 Å². The van der Waals surface area contributed by atoms with E-state index < -0.39 is 0 Å². The van der Waals surface area contributed by atoms with Crippen molar-refractivity contribution in [1.82, 2.24) is 4.98 Å². The molecule has 2 bridgehead atoms. The molecule has 0 amide bonds. The van der Waals surface area contributed by atoms with Crippen molar-refractivity contribution in [3.8, 4) is 0 Å². The minimum atomic E-state index is -0.0840. The van der Waals surface area contributed by atoms with Gasteiger partial charge in [0.1, 0.15) is 0 Å². The second kappa shape index (κ2) is 6.55. The molecule has 3 nitrogen and oxygen atoms in total. The van der Waals surface area contributed by atoms with Crippen LogP contribution in [-0.4, -0.2) is 29.4 Å². The van der Waals surface area contributed by atoms with Gasteiger partial charge in [-0.25, -0.2) is 0 Å². The molecule has 6 atom stereocenters. The number of rotatable bonds is 2. The monoisotopic (exact) mass is 427 g/mol. The summed E-state index contributed by atoms with van der Waals surface area (Å²) in [6.45, 7) is 2.55. The number of hydrogen-bond acceptors (Lipinski definition) is 3. The van der Waals surface area contributed by atoms with E-state index in [9.17, 15) is 0 Å². The second-order valence-corrected chi connectivity index (χ2v) is 11.3. The quantitative estimate of drug-likeness (QED) is 0.549. The van der Waals surface area contributed by atoms with Gasteiger partial charge in [0.05, 0.1) is 17.3 Å². The highest BCUT2D eigenvalue weighted by Crippen LogP contribution is 2.69. The number of methoxy groups -OCH3 is 1. The first-order valence-corrected chi connectivity index (χ1v) is 12.5. The van der Waals surface area contributed by atoms with Crippen LogP contribution < -0.4 is 0 Å². The zero-order chi connectivity index (χ0) is 21.6. The fraction of sp³-hybridized carbons (Fsp3) is 0.552. The van der Waals surface area contributed by atoms with Gasteiger partial charge >= 0.3 is 0 Å². The first kappa shape index (κ1) is 19.5. The van der Waals surface area contributed by atoms with Crippen molar-refractivity contribution in [2.75, 3.05) is 7.11 Å². The van der Waals surface area contributed by atoms with Crippen LogP contribution in [0.25, 0.3) is 10.8 Å². The third-order valence-electron chi connectivity index (χ3n) is 10.0. The molecule has 5 aliphatic rings. The van der Waals surface area contributed by atoms with Crippen LogP contribution in [0.3, 0.4) is 0 Å². The van der Waals surface area contributed by atoms with Crippen molar-refractivity contribution in [1.29, 1.82) is 0 Å². The first-order valence-electron chi connectivity index (χ1n) is 12.5. The summed E-state index contributed by atoms with van der Waals surface area (Å²) >= 11 is 0. The van der Waals surface area contributed by atoms with E-state index in [0.29, 0.717) is 17.9 Å². The SMILES string of the molecule is CO[C@@H]1CCC2=CC3=CCC4(C)C(c5ccc6ccncc6c5)CC[C@H]4[C@@]34CC[C@]2(C1)O4. The van der Waals surface area contributed by atoms with E-state index in [1.54, 1.807) is 5.57 Å². The zero-order valence-electron chi connectivity index (χ0n) is 19.3. The lowest BCUT2D eigenvalue weighted by molar-refractivity contribution is -0.147. The minimum Gasteiger partial charge on any atom is -0.381 e. The Morgan fingerprint density at radius 1 is 1.09 bits per heavy atom. The molecular formula is C29H33NO2. The lowest BCUT2D eigenvalue weighted by Crippen LogP contribution is -2.54. The van der Waals surface area contributed by atoms with Crippen LogP contribution in [0.4, 0.5) is 0 Å². The Balaban J connectivity index is 1.29. The van der Waals surface area contributed by atoms with Gasteiger partial charge in [-0.1, -0.05) is 31.2 Å². The molecule has 32 heavy (non-hydrogen) atoms. The van der Waals surface area contributed by atoms with Gasteiger partial charge in [-0.2, -0.15) is 0 Å². The van der Waals surface area contributed by atoms with E-state index in [1.165, 1.54) is 41.2 Å². The van der Waals surface area contributed by atoms with Crippen molar-refractivity contribution in [3.63, 3.8) is 0 Å². The smallest absolute Gasteiger partial charge is 0.0974 e. The molecule has 2 spiro atoms. The molecule has 2 aliphatic heterocycles. The van der Waals surface area contributed by atoms with Gasteiger partial charge < -0.3 is 9.47 Å². The lowest BCUT2D eigenvalue weighted by atomic mass is 9.58. The molecule has 2 aromatic rings. The summed E-state index contributed by atoms with van der Waals surface area (Å²) in [6.07, 6.45) is 18.7. The summed E-state index contributed by atoms with van der Waals surface area (Å²) in [5, 5.41) is 2.54. The Labute approximate surface area is 190 Å². The number of pyridine rings is 1. The summed E-state index contributed by atoms with van der Waals surface area (Å²) in [7, 11) is 1.87. The molecule has 166 valence electrons. The largest absolute Gasteiger partial charge is 0.381 e. The number of hydrogen-bond donors (Lipinski definition) is 0. The van der Waals surface area contributed by atoms with Crippen LogP contribution in [0.2, 0.25) is 0 Å². The Hall–Kier alpha value is -1.97. The van der Waals surface area contributed by atoms with E-state index >= 15 is 0 Å². The maximum Gasteiger partial charge on any atom is 0.0974 e. The van der Waals surface area contributed by atoms with E-state index in [4.69, 9.17) is 9.47 Å². The third kappa shape index (κ3) is 2.42. The molecule has 0 radical (unpaired) electrons. The molecule has 1 aromatic heterocycles. The standard InChI is InChI=1S/C29H33NO2/c1-27-11-9-23-16-22-5-6-24(31-2)17-28(22)12-13-29(23,32-28)26(27)8-7-25(27)20-4-3-19-10-14-30-18-21(19)15-20/h3-4,9-10,14-16,18,24-26H,5-8,11-13,17H2,1-2H3/t24-,25?,26-,27?,28-,29-/m1/s1. The molecule has 7 rings (SSSR count). The summed E-state index contributed by atoms with van der Waals surface area (Å²) < 4.78 is 13.1. The molecule has 3 heterocycles. The van der Waals surface area contributed by atoms with E-state index in [1.807, 2.05) is 19.5 Å². The molecule has 3 aliphatic carbocycles. The molecule has 0 N–H and O–H groups in total. The summed E-state index contributed by atoms with van der Waals surface area (Å²) in [5.74, 6) is 1.16. The second-order valence-electron chi connectivity index (χ2n) is 11.3. The van der Waals surface area contributed by atoms with Crippen LogP contribution in [0.5, 0.6) is 0 Å². The van der Waals surface area contributed by atoms with Crippen LogP contribution in [0.1, 0.15) is 69.8 Å². The van der Waals surface area contributed by atoms with Crippen molar-refractivity contribution in [3.05, 3.63) is 65.5 Å². The molecule has 3 fully saturated rings. The number of aromatic nitrogens is 1. The van der Waals surface area contributed by atoms with Gasteiger partial charge in [-0.15, -0.1) is 0 Å². The van der Waals surface area contributed by atoms with Crippen molar-refractivity contribution >= 4 is 10.8 Å². The highest BCUT2D eigenvalue weighted by molar-refractivity contribution is 5.82. The molecule has 3 heteroatoms.